The van der Waals surface area contributed by atoms with Crippen LogP contribution in [0.4, 0.5) is 0 Å². The van der Waals surface area contributed by atoms with Gasteiger partial charge >= 0.3 is 72.0 Å². The Morgan fingerprint density at radius 2 is 2.38 bits per heavy atom. The number of fused-ring (bicyclic) bond motifs is 2. The van der Waals surface area contributed by atoms with Crippen LogP contribution in [-0.2, 0) is 0 Å². The van der Waals surface area contributed by atoms with Crippen molar-refractivity contribution in [1.29, 1.82) is 0 Å². The molecule has 0 aromatic rings. The second-order valence-electron chi connectivity index (χ2n) is 2.19. The Hall–Kier alpha value is 2.19. The third-order valence-corrected chi connectivity index (χ3v) is 51.7. The molecule has 3 heteroatoms. The van der Waals surface area contributed by atoms with E-state index in [4.69, 9.17) is 0 Å². The van der Waals surface area contributed by atoms with Crippen molar-refractivity contribution >= 4 is 46.3 Å². The van der Waals surface area contributed by atoms with Crippen LogP contribution >= 0.6 is 46.3 Å². The Labute approximate surface area is 70.5 Å². The summed E-state index contributed by atoms with van der Waals surface area (Å²) >= 11 is 2.69. The molecular formula is C5H9I3. The van der Waals surface area contributed by atoms with Crippen LogP contribution < -0.4 is 0 Å². The predicted molar refractivity (Wildman–Crippen MR) is 64.8 cm³/mol. The van der Waals surface area contributed by atoms with Crippen molar-refractivity contribution < 1.29 is 0 Å². The Morgan fingerprint density at radius 3 is 2.62 bits per heavy atom. The molecule has 8 heavy (non-hydrogen) atoms. The number of hydrogen-bond donors (Lipinski definition) is 0. The van der Waals surface area contributed by atoms with Gasteiger partial charge in [0.05, 0.1) is 0 Å². The van der Waals surface area contributed by atoms with Gasteiger partial charge < -0.3 is 0 Å². The summed E-state index contributed by atoms with van der Waals surface area (Å²) in [5.74, 6) is 0. The fourth-order valence-corrected chi connectivity index (χ4v) is 44.6. The quantitative estimate of drug-likeness (QED) is 0.392. The molecule has 3 fully saturated rings. The van der Waals surface area contributed by atoms with Gasteiger partial charge in [0.15, 0.2) is 0 Å². The van der Waals surface area contributed by atoms with E-state index in [1.54, 1.807) is 21.7 Å². The second kappa shape index (κ2) is 2.67. The summed E-state index contributed by atoms with van der Waals surface area (Å²) in [5, 5.41) is 0. The third-order valence-electron chi connectivity index (χ3n) is 1.62. The van der Waals surface area contributed by atoms with Gasteiger partial charge in [-0.1, -0.05) is 0 Å². The van der Waals surface area contributed by atoms with E-state index in [1.807, 2.05) is 0 Å². The average Bonchev–Trinajstić information content (AvgIpc) is 1.89. The zero-order valence-corrected chi connectivity index (χ0v) is 11.0. The number of halogens is 3. The molecule has 3 aliphatic rings. The van der Waals surface area contributed by atoms with Crippen LogP contribution in [0.15, 0.2) is 0 Å². The Morgan fingerprint density at radius 1 is 1.50 bits per heavy atom. The molecule has 2 bridgehead atoms. The summed E-state index contributed by atoms with van der Waals surface area (Å²) in [7, 11) is 0. The zero-order valence-electron chi connectivity index (χ0n) is 4.54. The van der Waals surface area contributed by atoms with E-state index in [2.05, 4.69) is 18.6 Å². The molecule has 0 spiro atoms. The van der Waals surface area contributed by atoms with Crippen molar-refractivity contribution in [2.45, 2.75) is 16.8 Å². The molecule has 1 atom stereocenters. The first-order valence-electron chi connectivity index (χ1n) is 2.85. The van der Waals surface area contributed by atoms with Gasteiger partial charge in [-0.25, -0.2) is 0 Å². The maximum atomic E-state index is 2.86. The van der Waals surface area contributed by atoms with E-state index in [-0.39, 0.29) is 27.7 Å². The summed E-state index contributed by atoms with van der Waals surface area (Å²) in [6, 6.07) is 0. The molecule has 0 aromatic carbocycles. The van der Waals surface area contributed by atoms with E-state index < -0.39 is 0 Å². The maximum absolute atomic E-state index is 2.86. The van der Waals surface area contributed by atoms with Crippen molar-refractivity contribution in [3.63, 3.8) is 0 Å². The number of alkyl halides is 3. The molecule has 0 saturated carbocycles. The van der Waals surface area contributed by atoms with Crippen LogP contribution in [0.5, 0.6) is 0 Å². The monoisotopic (exact) mass is 450 g/mol. The van der Waals surface area contributed by atoms with Crippen molar-refractivity contribution in [3.05, 3.63) is 0 Å². The molecule has 0 aliphatic carbocycles. The SMILES string of the molecule is II1C2CCCI1C2. The average molecular weight is 450 g/mol. The van der Waals surface area contributed by atoms with Gasteiger partial charge in [0.25, 0.3) is 0 Å². The van der Waals surface area contributed by atoms with Gasteiger partial charge in [-0.15, -0.1) is 0 Å². The van der Waals surface area contributed by atoms with Crippen molar-refractivity contribution in [1.82, 2.24) is 0 Å². The van der Waals surface area contributed by atoms with Crippen LogP contribution in [0.25, 0.3) is 0 Å². The first-order valence-corrected chi connectivity index (χ1v) is 19.7. The van der Waals surface area contributed by atoms with E-state index in [9.17, 15) is 0 Å². The molecular weight excluding hydrogens is 441 g/mol. The third kappa shape index (κ3) is 1.04. The fourth-order valence-electron chi connectivity index (χ4n) is 1.13. The molecule has 1 unspecified atom stereocenters. The number of hydrogen-bond acceptors (Lipinski definition) is 0. The van der Waals surface area contributed by atoms with E-state index >= 15 is 0 Å². The first-order chi connectivity index (χ1) is 3.88. The number of rotatable bonds is 0. The van der Waals surface area contributed by atoms with E-state index in [1.165, 1.54) is 3.92 Å². The topological polar surface area (TPSA) is 0 Å². The molecule has 0 N–H and O–H groups in total. The molecule has 0 radical (unpaired) electrons. The molecule has 0 aromatic heterocycles. The fraction of sp³-hybridized carbons (Fsp3) is 1.00. The van der Waals surface area contributed by atoms with Crippen molar-refractivity contribution in [3.8, 4) is 0 Å². The van der Waals surface area contributed by atoms with Gasteiger partial charge in [0.2, 0.25) is 0 Å². The minimum absolute atomic E-state index is 0.0544. The molecule has 0 nitrogen and oxygen atoms in total. The first kappa shape index (κ1) is 6.87. The van der Waals surface area contributed by atoms with E-state index in [0.29, 0.717) is 0 Å². The van der Waals surface area contributed by atoms with Crippen LogP contribution in [-0.4, -0.2) is 12.8 Å². The molecule has 3 heterocycles. The Kier molecular flexibility index (Phi) is 2.30. The predicted octanol–water partition coefficient (Wildman–Crippen LogP) is 3.44. The molecule has 50 valence electrons. The Balaban J connectivity index is 2.03. The van der Waals surface area contributed by atoms with Crippen LogP contribution in [0.2, 0.25) is 0 Å². The van der Waals surface area contributed by atoms with Gasteiger partial charge in [0.1, 0.15) is 0 Å². The molecule has 0 amide bonds. The molecule has 3 rings (SSSR count). The van der Waals surface area contributed by atoms with Crippen LogP contribution in [0.1, 0.15) is 12.8 Å². The molecule has 3 saturated heterocycles. The summed E-state index contributed by atoms with van der Waals surface area (Å²) in [5.41, 5.74) is 0. The van der Waals surface area contributed by atoms with E-state index in [0.717, 1.165) is 0 Å². The summed E-state index contributed by atoms with van der Waals surface area (Å²) in [6.07, 6.45) is 3.27. The van der Waals surface area contributed by atoms with Crippen LogP contribution in [0.3, 0.4) is 0 Å². The van der Waals surface area contributed by atoms with Gasteiger partial charge in [-0.05, 0) is 0 Å². The summed E-state index contributed by atoms with van der Waals surface area (Å²) < 4.78 is 4.91. The second-order valence-corrected chi connectivity index (χ2v) is 39.4. The standard InChI is InChI=1S/C5H9I3/c6-8-5-2-1-3-7(8)4-5/h5H,1-4H2. The Bertz CT molecular complexity index is 89.8. The van der Waals surface area contributed by atoms with Crippen molar-refractivity contribution in [2.24, 2.45) is 0 Å². The van der Waals surface area contributed by atoms with Gasteiger partial charge in [-0.3, -0.25) is 0 Å². The van der Waals surface area contributed by atoms with Crippen LogP contribution in [0, 0.1) is 0 Å². The summed E-state index contributed by atoms with van der Waals surface area (Å²) in [4.78, 5) is 0. The summed E-state index contributed by atoms with van der Waals surface area (Å²) in [6.45, 7) is 0. The minimum atomic E-state index is -0.117. The van der Waals surface area contributed by atoms with Gasteiger partial charge in [-0.2, -0.15) is 0 Å². The van der Waals surface area contributed by atoms with Gasteiger partial charge in [0, 0.05) is 0 Å². The zero-order chi connectivity index (χ0) is 5.56. The van der Waals surface area contributed by atoms with Crippen molar-refractivity contribution in [2.75, 3.05) is 8.86 Å². The normalized spacial score (nSPS) is 43.9. The molecule has 3 aliphatic heterocycles.